The highest BCUT2D eigenvalue weighted by Crippen LogP contribution is 2.18. The van der Waals surface area contributed by atoms with E-state index in [9.17, 15) is 69.3 Å². The summed E-state index contributed by atoms with van der Waals surface area (Å²) >= 11 is 4.66. The summed E-state index contributed by atoms with van der Waals surface area (Å²) in [6.45, 7) is -4.03. The monoisotopic (exact) mass is 866 g/mol. The number of carboxylic acids is 5. The molecule has 0 saturated carbocycles. The van der Waals surface area contributed by atoms with Gasteiger partial charge in [0.1, 0.15) is 23.6 Å². The number of hydrogen-bond acceptors (Lipinski definition) is 14. The average Bonchev–Trinajstić information content (AvgIpc) is 3.17. The van der Waals surface area contributed by atoms with Crippen molar-refractivity contribution in [3.8, 4) is 11.5 Å². The van der Waals surface area contributed by atoms with Crippen LogP contribution >= 0.6 is 12.2 Å². The number of amides is 2. The Morgan fingerprint density at radius 2 is 0.967 bits per heavy atom. The minimum absolute atomic E-state index is 0.0208. The first-order valence-corrected chi connectivity index (χ1v) is 18.9. The molecule has 0 bridgehead atoms. The van der Waals surface area contributed by atoms with E-state index < -0.39 is 92.5 Å². The number of benzene rings is 3. The van der Waals surface area contributed by atoms with Gasteiger partial charge in [-0.15, -0.1) is 0 Å². The Kier molecular flexibility index (Phi) is 19.4. The second-order valence-electron chi connectivity index (χ2n) is 13.9. The van der Waals surface area contributed by atoms with E-state index in [1.165, 1.54) is 58.3 Å². The maximum atomic E-state index is 13.5. The molecule has 20 nitrogen and oxygen atoms in total. The number of isothiocyanates is 1. The van der Waals surface area contributed by atoms with Gasteiger partial charge in [-0.3, -0.25) is 38.7 Å². The Morgan fingerprint density at radius 3 is 1.41 bits per heavy atom. The molecular formula is C40H46N6O14S. The topological polar surface area (TPSA) is 307 Å². The van der Waals surface area contributed by atoms with E-state index in [1.807, 2.05) is 0 Å². The molecule has 0 fully saturated rings. The summed E-state index contributed by atoms with van der Waals surface area (Å²) in [5.41, 5.74) is 2.01. The number of thiocarbonyl (C=S) groups is 1. The molecule has 61 heavy (non-hydrogen) atoms. The van der Waals surface area contributed by atoms with Crippen molar-refractivity contribution in [2.75, 3.05) is 52.4 Å². The van der Waals surface area contributed by atoms with Gasteiger partial charge in [-0.1, -0.05) is 36.4 Å². The first-order chi connectivity index (χ1) is 28.9. The fourth-order valence-electron chi connectivity index (χ4n) is 6.24. The molecule has 0 aliphatic heterocycles. The number of hydrogen-bond donors (Lipinski definition) is 9. The third kappa shape index (κ3) is 18.4. The van der Waals surface area contributed by atoms with Gasteiger partial charge in [0, 0.05) is 38.5 Å². The summed E-state index contributed by atoms with van der Waals surface area (Å²) in [5, 5.41) is 75.2. The molecule has 0 heterocycles. The number of aromatic hydroxyl groups is 2. The van der Waals surface area contributed by atoms with E-state index in [0.717, 1.165) is 4.90 Å². The van der Waals surface area contributed by atoms with Crippen molar-refractivity contribution < 1.29 is 69.3 Å². The zero-order chi connectivity index (χ0) is 45.1. The fourth-order valence-corrected chi connectivity index (χ4v) is 6.35. The van der Waals surface area contributed by atoms with Crippen LogP contribution in [0.3, 0.4) is 0 Å². The number of aliphatic carboxylic acids is 5. The van der Waals surface area contributed by atoms with Gasteiger partial charge in [0.25, 0.3) is 0 Å². The van der Waals surface area contributed by atoms with Crippen LogP contribution in [0, 0.1) is 0 Å². The standard InChI is InChI=1S/C40H46N6O14S/c47-30-9-3-26(4-10-30)16-32(39(57)58)42-34(49)19-45(22-37(53)54)14-13-44(21-36(51)52)18-29(15-25-1-7-28(8-2-25)41-24-61)46(23-38(55)56)20-35(50)43-33(40(59)60)17-27-5-11-31(48)12-6-27/h1-12,29,32-33,47-48H,13-23H2,(H,42,49)(H,43,50)(H,51,52)(H,53,54)(H,55,56)(H,57,58)(H,59,60). The smallest absolute Gasteiger partial charge is 0.326 e. The predicted octanol–water partition coefficient (Wildman–Crippen LogP) is 0.527. The van der Waals surface area contributed by atoms with Crippen molar-refractivity contribution in [1.82, 2.24) is 25.3 Å². The second kappa shape index (κ2) is 24.3. The molecule has 2 amide bonds. The van der Waals surface area contributed by atoms with Crippen molar-refractivity contribution in [3.05, 3.63) is 89.5 Å². The zero-order valence-corrected chi connectivity index (χ0v) is 33.4. The molecule has 0 aliphatic carbocycles. The number of aliphatic imine (C=N–C) groups is 1. The molecular weight excluding hydrogens is 821 g/mol. The largest absolute Gasteiger partial charge is 0.508 e. The van der Waals surface area contributed by atoms with Crippen molar-refractivity contribution in [2.45, 2.75) is 37.4 Å². The lowest BCUT2D eigenvalue weighted by molar-refractivity contribution is -0.143. The second-order valence-corrected chi connectivity index (χ2v) is 14.1. The average molecular weight is 867 g/mol. The number of nitrogens with zero attached hydrogens (tertiary/aromatic N) is 4. The van der Waals surface area contributed by atoms with E-state index in [1.54, 1.807) is 24.3 Å². The zero-order valence-electron chi connectivity index (χ0n) is 32.6. The van der Waals surface area contributed by atoms with Crippen molar-refractivity contribution in [1.29, 1.82) is 0 Å². The van der Waals surface area contributed by atoms with Crippen LogP contribution in [0.15, 0.2) is 77.8 Å². The van der Waals surface area contributed by atoms with Gasteiger partial charge in [0.15, 0.2) is 0 Å². The van der Waals surface area contributed by atoms with Crippen LogP contribution in [0.25, 0.3) is 0 Å². The molecule has 3 unspecified atom stereocenters. The minimum atomic E-state index is -1.45. The molecule has 3 aromatic carbocycles. The molecule has 3 atom stereocenters. The van der Waals surface area contributed by atoms with E-state index in [4.69, 9.17) is 0 Å². The molecule has 0 spiro atoms. The lowest BCUT2D eigenvalue weighted by atomic mass is 10.0. The number of carboxylic acid groups (broad SMARTS) is 5. The Morgan fingerprint density at radius 1 is 0.557 bits per heavy atom. The van der Waals surface area contributed by atoms with Gasteiger partial charge in [-0.2, -0.15) is 4.99 Å². The molecule has 9 N–H and O–H groups in total. The number of carbonyl (C=O) groups is 7. The first kappa shape index (κ1) is 48.6. The summed E-state index contributed by atoms with van der Waals surface area (Å²) in [6.07, 6.45) is -0.309. The first-order valence-electron chi connectivity index (χ1n) is 18.5. The van der Waals surface area contributed by atoms with Crippen LogP contribution in [-0.4, -0.2) is 168 Å². The fraction of sp³-hybridized carbons (Fsp3) is 0.350. The van der Waals surface area contributed by atoms with Gasteiger partial charge in [0.05, 0.1) is 43.6 Å². The molecule has 3 rings (SSSR count). The van der Waals surface area contributed by atoms with Gasteiger partial charge in [0.2, 0.25) is 11.8 Å². The van der Waals surface area contributed by atoms with Crippen molar-refractivity contribution in [2.24, 2.45) is 4.99 Å². The quantitative estimate of drug-likeness (QED) is 0.0373. The van der Waals surface area contributed by atoms with Crippen LogP contribution in [0.4, 0.5) is 5.69 Å². The van der Waals surface area contributed by atoms with Crippen LogP contribution in [0.1, 0.15) is 16.7 Å². The normalized spacial score (nSPS) is 12.5. The van der Waals surface area contributed by atoms with Gasteiger partial charge in [-0.05, 0) is 71.7 Å². The Labute approximate surface area is 354 Å². The lowest BCUT2D eigenvalue weighted by Gasteiger charge is -2.35. The molecule has 3 aromatic rings. The highest BCUT2D eigenvalue weighted by atomic mass is 32.1. The Bertz CT molecular complexity index is 2050. The van der Waals surface area contributed by atoms with Crippen LogP contribution < -0.4 is 10.6 Å². The maximum absolute atomic E-state index is 13.5. The molecule has 0 saturated heterocycles. The number of nitrogens with one attached hydrogen (secondary N) is 2. The molecule has 0 aromatic heterocycles. The third-order valence-electron chi connectivity index (χ3n) is 9.09. The minimum Gasteiger partial charge on any atom is -0.508 e. The van der Waals surface area contributed by atoms with E-state index >= 15 is 0 Å². The number of rotatable bonds is 27. The number of carbonyl (C=O) groups excluding carboxylic acids is 2. The van der Waals surface area contributed by atoms with Gasteiger partial charge < -0.3 is 46.4 Å². The highest BCUT2D eigenvalue weighted by molar-refractivity contribution is 7.78. The summed E-state index contributed by atoms with van der Waals surface area (Å²) in [6, 6.07) is 14.0. The van der Waals surface area contributed by atoms with E-state index in [-0.39, 0.29) is 50.4 Å². The molecule has 0 radical (unpaired) electrons. The van der Waals surface area contributed by atoms with Crippen LogP contribution in [0.5, 0.6) is 11.5 Å². The summed E-state index contributed by atoms with van der Waals surface area (Å²) in [7, 11) is 0. The Balaban J connectivity index is 1.87. The Hall–Kier alpha value is -6.77. The third-order valence-corrected chi connectivity index (χ3v) is 9.18. The molecule has 326 valence electrons. The number of phenolic OH excluding ortho intramolecular Hbond substituents is 2. The van der Waals surface area contributed by atoms with Crippen molar-refractivity contribution >= 4 is 64.7 Å². The SMILES string of the molecule is O=C(O)CN(CCN(CC(=O)O)CC(Cc1ccc(N=C=S)cc1)N(CC(=O)O)CC(=O)NC(Cc1ccc(O)cc1)C(=O)O)CC(=O)NC(Cc1ccc(O)cc1)C(=O)O. The summed E-state index contributed by atoms with van der Waals surface area (Å²) < 4.78 is 0. The van der Waals surface area contributed by atoms with E-state index in [2.05, 4.69) is 33.0 Å². The number of phenols is 2. The van der Waals surface area contributed by atoms with Crippen molar-refractivity contribution in [3.63, 3.8) is 0 Å². The molecule has 0 aliphatic rings. The van der Waals surface area contributed by atoms with E-state index in [0.29, 0.717) is 22.4 Å². The maximum Gasteiger partial charge on any atom is 0.326 e. The van der Waals surface area contributed by atoms with Gasteiger partial charge >= 0.3 is 29.8 Å². The van der Waals surface area contributed by atoms with Crippen LogP contribution in [-0.2, 0) is 52.8 Å². The molecule has 21 heteroatoms. The predicted molar refractivity (Wildman–Crippen MR) is 219 cm³/mol. The van der Waals surface area contributed by atoms with Gasteiger partial charge in [-0.25, -0.2) is 9.59 Å². The van der Waals surface area contributed by atoms with Crippen LogP contribution in [0.2, 0.25) is 0 Å². The lowest BCUT2D eigenvalue weighted by Crippen LogP contribution is -2.54. The summed E-state index contributed by atoms with van der Waals surface area (Å²) in [5.74, 6) is -8.60. The summed E-state index contributed by atoms with van der Waals surface area (Å²) in [4.78, 5) is 94.5. The highest BCUT2D eigenvalue weighted by Gasteiger charge is 2.30.